The largest absolute Gasteiger partial charge is 0.444 e. The van der Waals surface area contributed by atoms with Crippen molar-refractivity contribution in [2.75, 3.05) is 18.4 Å². The summed E-state index contributed by atoms with van der Waals surface area (Å²) < 4.78 is 7.11. The topological polar surface area (TPSA) is 105 Å². The molecule has 9 nitrogen and oxygen atoms in total. The molecule has 1 saturated heterocycles. The Kier molecular flexibility index (Phi) is 6.54. The molecule has 0 unspecified atom stereocenters. The van der Waals surface area contributed by atoms with E-state index in [-0.39, 0.29) is 17.6 Å². The summed E-state index contributed by atoms with van der Waals surface area (Å²) in [5.74, 6) is 0.516. The number of likely N-dealkylation sites (tertiary alicyclic amines) is 1. The zero-order valence-electron chi connectivity index (χ0n) is 18.7. The minimum atomic E-state index is -0.530. The van der Waals surface area contributed by atoms with E-state index >= 15 is 0 Å². The number of hydrogen-bond donors (Lipinski definition) is 2. The molecule has 4 rings (SSSR count). The van der Waals surface area contributed by atoms with Crippen LogP contribution in [0.2, 0.25) is 10.0 Å². The first-order valence-corrected chi connectivity index (χ1v) is 11.5. The summed E-state index contributed by atoms with van der Waals surface area (Å²) in [6, 6.07) is 5.32. The number of rotatable bonds is 5. The fraction of sp³-hybridized carbons (Fsp3) is 0.455. The molecular weight excluding hydrogens is 467 g/mol. The second kappa shape index (κ2) is 9.23. The molecule has 0 radical (unpaired) electrons. The maximum absolute atomic E-state index is 12.8. The number of fused-ring (bicyclic) bond motifs is 1. The Hall–Kier alpha value is -2.78. The van der Waals surface area contributed by atoms with Crippen LogP contribution in [0, 0.1) is 5.92 Å². The molecule has 1 fully saturated rings. The first-order valence-electron chi connectivity index (χ1n) is 10.7. The lowest BCUT2D eigenvalue weighted by Gasteiger charge is -2.24. The summed E-state index contributed by atoms with van der Waals surface area (Å²) in [6.07, 6.45) is 2.08. The van der Waals surface area contributed by atoms with Crippen LogP contribution < -0.4 is 10.9 Å². The molecule has 1 aliphatic rings. The standard InChI is InChI=1S/C22H26Cl2N6O3/c1-22(2,3)33-21(32)29-7-6-14(11-29)12-30-18-17(10-26-30)27-20(28-19(18)31)25-9-13-4-5-15(23)16(24)8-13/h4-5,8,10,14H,6-7,9,11-12H2,1-3H3,(H2,25,27,28,31)/t14-/m0/s1. The van der Waals surface area contributed by atoms with Crippen LogP contribution in [-0.2, 0) is 17.8 Å². The number of carbonyl (C=O) groups excluding carboxylic acids is 1. The molecule has 11 heteroatoms. The van der Waals surface area contributed by atoms with Gasteiger partial charge in [0, 0.05) is 26.2 Å². The van der Waals surface area contributed by atoms with Crippen LogP contribution in [0.5, 0.6) is 0 Å². The molecule has 176 valence electrons. The number of hydrogen-bond acceptors (Lipinski definition) is 6. The van der Waals surface area contributed by atoms with Gasteiger partial charge in [-0.2, -0.15) is 5.10 Å². The summed E-state index contributed by atoms with van der Waals surface area (Å²) in [5.41, 5.74) is 0.996. The molecule has 0 aliphatic carbocycles. The molecular formula is C22H26Cl2N6O3. The predicted octanol–water partition coefficient (Wildman–Crippen LogP) is 4.30. The number of ether oxygens (including phenoxy) is 1. The third-order valence-corrected chi connectivity index (χ3v) is 6.05. The Morgan fingerprint density at radius 1 is 1.30 bits per heavy atom. The lowest BCUT2D eigenvalue weighted by atomic mass is 10.1. The molecule has 1 atom stereocenters. The summed E-state index contributed by atoms with van der Waals surface area (Å²) in [7, 11) is 0. The van der Waals surface area contributed by atoms with Gasteiger partial charge < -0.3 is 15.0 Å². The Balaban J connectivity index is 1.42. The molecule has 1 aromatic carbocycles. The highest BCUT2D eigenvalue weighted by Gasteiger charge is 2.30. The maximum Gasteiger partial charge on any atom is 0.410 e. The van der Waals surface area contributed by atoms with Crippen molar-refractivity contribution in [3.8, 4) is 0 Å². The first-order chi connectivity index (χ1) is 15.6. The van der Waals surface area contributed by atoms with Crippen molar-refractivity contribution in [3.05, 3.63) is 50.4 Å². The summed E-state index contributed by atoms with van der Waals surface area (Å²) in [6.45, 7) is 7.66. The number of H-pyrrole nitrogens is 1. The van der Waals surface area contributed by atoms with E-state index in [1.165, 1.54) is 0 Å². The van der Waals surface area contributed by atoms with E-state index < -0.39 is 5.60 Å². The van der Waals surface area contributed by atoms with Gasteiger partial charge in [-0.3, -0.25) is 14.5 Å². The summed E-state index contributed by atoms with van der Waals surface area (Å²) in [4.78, 5) is 34.0. The molecule has 1 aliphatic heterocycles. The van der Waals surface area contributed by atoms with Crippen LogP contribution in [0.25, 0.3) is 11.0 Å². The summed E-state index contributed by atoms with van der Waals surface area (Å²) in [5, 5.41) is 8.41. The highest BCUT2D eigenvalue weighted by atomic mass is 35.5. The number of amides is 1. The van der Waals surface area contributed by atoms with Crippen molar-refractivity contribution >= 4 is 46.3 Å². The normalized spacial score (nSPS) is 16.4. The van der Waals surface area contributed by atoms with Crippen LogP contribution in [0.3, 0.4) is 0 Å². The van der Waals surface area contributed by atoms with Gasteiger partial charge in [-0.15, -0.1) is 0 Å². The van der Waals surface area contributed by atoms with E-state index in [0.29, 0.717) is 53.2 Å². The van der Waals surface area contributed by atoms with Gasteiger partial charge in [-0.25, -0.2) is 9.78 Å². The quantitative estimate of drug-likeness (QED) is 0.549. The van der Waals surface area contributed by atoms with Gasteiger partial charge in [0.15, 0.2) is 5.52 Å². The Morgan fingerprint density at radius 2 is 2.09 bits per heavy atom. The number of benzene rings is 1. The third-order valence-electron chi connectivity index (χ3n) is 5.31. The highest BCUT2D eigenvalue weighted by Crippen LogP contribution is 2.24. The van der Waals surface area contributed by atoms with E-state index in [4.69, 9.17) is 27.9 Å². The predicted molar refractivity (Wildman–Crippen MR) is 128 cm³/mol. The SMILES string of the molecule is CC(C)(C)OC(=O)N1CC[C@H](Cn2ncc3nc(NCc4ccc(Cl)c(Cl)c4)[nH]c(=O)c32)C1. The minimum absolute atomic E-state index is 0.174. The molecule has 3 heterocycles. The van der Waals surface area contributed by atoms with E-state index in [9.17, 15) is 9.59 Å². The number of anilines is 1. The van der Waals surface area contributed by atoms with Gasteiger partial charge in [-0.1, -0.05) is 29.3 Å². The van der Waals surface area contributed by atoms with Crippen molar-refractivity contribution in [1.29, 1.82) is 0 Å². The van der Waals surface area contributed by atoms with Gasteiger partial charge in [-0.05, 0) is 50.8 Å². The number of aromatic nitrogens is 4. The second-order valence-corrected chi connectivity index (χ2v) is 9.97. The van der Waals surface area contributed by atoms with Crippen molar-refractivity contribution in [3.63, 3.8) is 0 Å². The average Bonchev–Trinajstić information content (AvgIpc) is 3.36. The van der Waals surface area contributed by atoms with Gasteiger partial charge in [0.05, 0.1) is 16.2 Å². The van der Waals surface area contributed by atoms with Gasteiger partial charge in [0.1, 0.15) is 11.1 Å². The number of carbonyl (C=O) groups is 1. The lowest BCUT2D eigenvalue weighted by Crippen LogP contribution is -2.35. The molecule has 1 amide bonds. The van der Waals surface area contributed by atoms with E-state index in [0.717, 1.165) is 12.0 Å². The lowest BCUT2D eigenvalue weighted by molar-refractivity contribution is 0.0287. The van der Waals surface area contributed by atoms with Crippen LogP contribution in [0.1, 0.15) is 32.8 Å². The zero-order valence-corrected chi connectivity index (χ0v) is 20.2. The molecule has 33 heavy (non-hydrogen) atoms. The van der Waals surface area contributed by atoms with Gasteiger partial charge in [0.25, 0.3) is 5.56 Å². The minimum Gasteiger partial charge on any atom is -0.444 e. The number of nitrogens with one attached hydrogen (secondary N) is 2. The molecule has 2 N–H and O–H groups in total. The monoisotopic (exact) mass is 492 g/mol. The number of aromatic amines is 1. The molecule has 3 aromatic rings. The van der Waals surface area contributed by atoms with Crippen LogP contribution in [0.4, 0.5) is 10.7 Å². The van der Waals surface area contributed by atoms with Crippen molar-refractivity contribution < 1.29 is 9.53 Å². The van der Waals surface area contributed by atoms with Gasteiger partial charge >= 0.3 is 6.09 Å². The van der Waals surface area contributed by atoms with Crippen molar-refractivity contribution in [2.45, 2.75) is 45.9 Å². The maximum atomic E-state index is 12.8. The highest BCUT2D eigenvalue weighted by molar-refractivity contribution is 6.42. The van der Waals surface area contributed by atoms with Crippen molar-refractivity contribution in [2.24, 2.45) is 5.92 Å². The molecule has 0 spiro atoms. The van der Waals surface area contributed by atoms with Crippen LogP contribution in [-0.4, -0.2) is 49.4 Å². The average molecular weight is 493 g/mol. The smallest absolute Gasteiger partial charge is 0.410 e. The zero-order chi connectivity index (χ0) is 23.8. The van der Waals surface area contributed by atoms with Crippen LogP contribution >= 0.6 is 23.2 Å². The number of nitrogens with zero attached hydrogens (tertiary/aromatic N) is 4. The Morgan fingerprint density at radius 3 is 2.82 bits per heavy atom. The van der Waals surface area contributed by atoms with E-state index in [2.05, 4.69) is 20.4 Å². The van der Waals surface area contributed by atoms with E-state index in [1.54, 1.807) is 27.9 Å². The Bertz CT molecular complexity index is 1230. The van der Waals surface area contributed by atoms with Crippen LogP contribution in [0.15, 0.2) is 29.2 Å². The molecule has 2 aromatic heterocycles. The Labute approximate surface area is 201 Å². The third kappa shape index (κ3) is 5.59. The van der Waals surface area contributed by atoms with E-state index in [1.807, 2.05) is 26.8 Å². The fourth-order valence-corrected chi connectivity index (χ4v) is 4.10. The number of halogens is 2. The first kappa shape index (κ1) is 23.4. The molecule has 0 saturated carbocycles. The fourth-order valence-electron chi connectivity index (χ4n) is 3.78. The summed E-state index contributed by atoms with van der Waals surface area (Å²) >= 11 is 12.0. The second-order valence-electron chi connectivity index (χ2n) is 9.16. The van der Waals surface area contributed by atoms with Crippen molar-refractivity contribution in [1.82, 2.24) is 24.6 Å². The van der Waals surface area contributed by atoms with Gasteiger partial charge in [0.2, 0.25) is 5.95 Å². The molecule has 0 bridgehead atoms.